The van der Waals surface area contributed by atoms with Gasteiger partial charge in [0.05, 0.1) is 0 Å². The van der Waals surface area contributed by atoms with Crippen molar-refractivity contribution in [3.8, 4) is 0 Å². The lowest BCUT2D eigenvalue weighted by molar-refractivity contribution is 0.850. The number of nitrogens with zero attached hydrogens (tertiary/aromatic N) is 2. The van der Waals surface area contributed by atoms with E-state index in [0.717, 1.165) is 6.42 Å². The SMILES string of the molecule is Cn1cccc1Cc1ccncc1. The summed E-state index contributed by atoms with van der Waals surface area (Å²) in [7, 11) is 2.07. The van der Waals surface area contributed by atoms with E-state index >= 15 is 0 Å². The van der Waals surface area contributed by atoms with Crippen LogP contribution in [-0.2, 0) is 13.5 Å². The Bertz CT molecular complexity index is 376. The van der Waals surface area contributed by atoms with Gasteiger partial charge in [-0.05, 0) is 29.8 Å². The fourth-order valence-electron chi connectivity index (χ4n) is 1.39. The van der Waals surface area contributed by atoms with Crippen LogP contribution in [0, 0.1) is 0 Å². The van der Waals surface area contributed by atoms with Gasteiger partial charge in [-0.25, -0.2) is 0 Å². The van der Waals surface area contributed by atoms with Gasteiger partial charge in [0.15, 0.2) is 0 Å². The van der Waals surface area contributed by atoms with E-state index in [1.807, 2.05) is 24.5 Å². The molecule has 0 saturated heterocycles. The lowest BCUT2D eigenvalue weighted by Crippen LogP contribution is -1.95. The number of hydrogen-bond acceptors (Lipinski definition) is 1. The molecule has 2 rings (SSSR count). The highest BCUT2D eigenvalue weighted by Gasteiger charge is 1.97. The Morgan fingerprint density at radius 1 is 1.23 bits per heavy atom. The Labute approximate surface area is 77.9 Å². The maximum atomic E-state index is 3.99. The van der Waals surface area contributed by atoms with Crippen LogP contribution < -0.4 is 0 Å². The highest BCUT2D eigenvalue weighted by molar-refractivity contribution is 5.20. The molecular weight excluding hydrogens is 160 g/mol. The normalized spacial score (nSPS) is 10.2. The fourth-order valence-corrected chi connectivity index (χ4v) is 1.39. The van der Waals surface area contributed by atoms with Crippen molar-refractivity contribution in [3.63, 3.8) is 0 Å². The summed E-state index contributed by atoms with van der Waals surface area (Å²) >= 11 is 0. The van der Waals surface area contributed by atoms with Gasteiger partial charge >= 0.3 is 0 Å². The molecule has 2 heteroatoms. The first kappa shape index (κ1) is 8.05. The van der Waals surface area contributed by atoms with Crippen molar-refractivity contribution in [1.29, 1.82) is 0 Å². The molecule has 0 aliphatic carbocycles. The maximum Gasteiger partial charge on any atom is 0.0270 e. The molecule has 0 atom stereocenters. The smallest absolute Gasteiger partial charge is 0.0270 e. The van der Waals surface area contributed by atoms with Gasteiger partial charge in [-0.15, -0.1) is 0 Å². The second-order valence-electron chi connectivity index (χ2n) is 3.14. The monoisotopic (exact) mass is 172 g/mol. The Morgan fingerprint density at radius 2 is 2.00 bits per heavy atom. The summed E-state index contributed by atoms with van der Waals surface area (Å²) in [5.41, 5.74) is 2.63. The molecule has 0 aliphatic rings. The maximum absolute atomic E-state index is 3.99. The molecule has 0 N–H and O–H groups in total. The van der Waals surface area contributed by atoms with Crippen molar-refractivity contribution < 1.29 is 0 Å². The zero-order valence-electron chi connectivity index (χ0n) is 7.64. The van der Waals surface area contributed by atoms with Crippen LogP contribution in [0.3, 0.4) is 0 Å². The molecule has 66 valence electrons. The molecule has 0 radical (unpaired) electrons. The minimum atomic E-state index is 0.978. The van der Waals surface area contributed by atoms with Crippen LogP contribution in [0.4, 0.5) is 0 Å². The van der Waals surface area contributed by atoms with Gasteiger partial charge in [0.25, 0.3) is 0 Å². The summed E-state index contributed by atoms with van der Waals surface area (Å²) in [6, 6.07) is 8.30. The Kier molecular flexibility index (Phi) is 2.13. The highest BCUT2D eigenvalue weighted by Crippen LogP contribution is 2.07. The number of hydrogen-bond donors (Lipinski definition) is 0. The Balaban J connectivity index is 2.20. The van der Waals surface area contributed by atoms with Crippen molar-refractivity contribution in [2.75, 3.05) is 0 Å². The Morgan fingerprint density at radius 3 is 2.62 bits per heavy atom. The van der Waals surface area contributed by atoms with E-state index in [0.29, 0.717) is 0 Å². The molecule has 2 aromatic rings. The first-order chi connectivity index (χ1) is 6.36. The van der Waals surface area contributed by atoms with Crippen LogP contribution in [0.15, 0.2) is 42.9 Å². The summed E-state index contributed by atoms with van der Waals surface area (Å²) in [5.74, 6) is 0. The molecule has 0 amide bonds. The number of aryl methyl sites for hydroxylation is 1. The Hall–Kier alpha value is -1.57. The molecule has 2 nitrogen and oxygen atoms in total. The quantitative estimate of drug-likeness (QED) is 0.677. The predicted octanol–water partition coefficient (Wildman–Crippen LogP) is 2.01. The summed E-state index contributed by atoms with van der Waals surface area (Å²) in [5, 5.41) is 0. The first-order valence-corrected chi connectivity index (χ1v) is 4.35. The van der Waals surface area contributed by atoms with Gasteiger partial charge in [0.2, 0.25) is 0 Å². The largest absolute Gasteiger partial charge is 0.354 e. The highest BCUT2D eigenvalue weighted by atomic mass is 14.9. The van der Waals surface area contributed by atoms with E-state index in [-0.39, 0.29) is 0 Å². The third-order valence-electron chi connectivity index (χ3n) is 2.19. The second kappa shape index (κ2) is 3.44. The van der Waals surface area contributed by atoms with Gasteiger partial charge < -0.3 is 4.57 Å². The summed E-state index contributed by atoms with van der Waals surface area (Å²) in [6.07, 6.45) is 6.71. The zero-order chi connectivity index (χ0) is 9.10. The summed E-state index contributed by atoms with van der Waals surface area (Å²) in [6.45, 7) is 0. The summed E-state index contributed by atoms with van der Waals surface area (Å²) in [4.78, 5) is 3.99. The van der Waals surface area contributed by atoms with Crippen molar-refractivity contribution in [1.82, 2.24) is 9.55 Å². The van der Waals surface area contributed by atoms with Gasteiger partial charge in [-0.1, -0.05) is 0 Å². The summed E-state index contributed by atoms with van der Waals surface area (Å²) < 4.78 is 2.14. The third kappa shape index (κ3) is 1.78. The standard InChI is InChI=1S/C11H12N2/c1-13-8-2-3-11(13)9-10-4-6-12-7-5-10/h2-8H,9H2,1H3. The van der Waals surface area contributed by atoms with Crippen molar-refractivity contribution >= 4 is 0 Å². The van der Waals surface area contributed by atoms with Crippen molar-refractivity contribution in [3.05, 3.63) is 54.1 Å². The van der Waals surface area contributed by atoms with Crippen LogP contribution in [0.2, 0.25) is 0 Å². The minimum Gasteiger partial charge on any atom is -0.354 e. The molecule has 0 unspecified atom stereocenters. The predicted molar refractivity (Wildman–Crippen MR) is 52.5 cm³/mol. The van der Waals surface area contributed by atoms with Crippen LogP contribution >= 0.6 is 0 Å². The van der Waals surface area contributed by atoms with E-state index < -0.39 is 0 Å². The number of aromatic nitrogens is 2. The second-order valence-corrected chi connectivity index (χ2v) is 3.14. The fraction of sp³-hybridized carbons (Fsp3) is 0.182. The van der Waals surface area contributed by atoms with Gasteiger partial charge in [-0.3, -0.25) is 4.98 Å². The minimum absolute atomic E-state index is 0.978. The number of rotatable bonds is 2. The zero-order valence-corrected chi connectivity index (χ0v) is 7.64. The van der Waals surface area contributed by atoms with E-state index in [9.17, 15) is 0 Å². The number of pyridine rings is 1. The average molecular weight is 172 g/mol. The molecule has 0 aliphatic heterocycles. The van der Waals surface area contributed by atoms with E-state index in [1.165, 1.54) is 11.3 Å². The van der Waals surface area contributed by atoms with Gasteiger partial charge in [-0.2, -0.15) is 0 Å². The van der Waals surface area contributed by atoms with Gasteiger partial charge in [0, 0.05) is 37.8 Å². The van der Waals surface area contributed by atoms with Crippen LogP contribution in [-0.4, -0.2) is 9.55 Å². The average Bonchev–Trinajstić information content (AvgIpc) is 2.54. The van der Waals surface area contributed by atoms with Gasteiger partial charge in [0.1, 0.15) is 0 Å². The molecule has 0 bridgehead atoms. The molecule has 0 saturated carbocycles. The molecule has 0 aromatic carbocycles. The van der Waals surface area contributed by atoms with Crippen molar-refractivity contribution in [2.45, 2.75) is 6.42 Å². The van der Waals surface area contributed by atoms with Crippen LogP contribution in [0.25, 0.3) is 0 Å². The molecule has 0 fully saturated rings. The first-order valence-electron chi connectivity index (χ1n) is 4.35. The van der Waals surface area contributed by atoms with Crippen molar-refractivity contribution in [2.24, 2.45) is 7.05 Å². The third-order valence-corrected chi connectivity index (χ3v) is 2.19. The molecule has 0 spiro atoms. The van der Waals surface area contributed by atoms with E-state index in [4.69, 9.17) is 0 Å². The lowest BCUT2D eigenvalue weighted by atomic mass is 10.1. The van der Waals surface area contributed by atoms with Crippen LogP contribution in [0.1, 0.15) is 11.3 Å². The van der Waals surface area contributed by atoms with E-state index in [1.54, 1.807) is 0 Å². The van der Waals surface area contributed by atoms with Crippen LogP contribution in [0.5, 0.6) is 0 Å². The van der Waals surface area contributed by atoms with E-state index in [2.05, 4.69) is 34.9 Å². The molecule has 2 aromatic heterocycles. The molecule has 13 heavy (non-hydrogen) atoms. The molecular formula is C11H12N2. The molecule has 2 heterocycles. The lowest BCUT2D eigenvalue weighted by Gasteiger charge is -2.02. The topological polar surface area (TPSA) is 17.8 Å².